The molecule has 4 aromatic rings. The van der Waals surface area contributed by atoms with Gasteiger partial charge in [-0.05, 0) is 41.3 Å². The SMILES string of the molecule is O=C(Nc1cc(Cl)ccc1C=Cc1n[nH]c2ccccc12)c1cccs1. The van der Waals surface area contributed by atoms with Crippen molar-refractivity contribution in [3.8, 4) is 0 Å². The van der Waals surface area contributed by atoms with Crippen molar-refractivity contribution in [2.24, 2.45) is 0 Å². The minimum absolute atomic E-state index is 0.151. The average Bonchev–Trinajstić information content (AvgIpc) is 3.31. The molecule has 4 nitrogen and oxygen atoms in total. The van der Waals surface area contributed by atoms with Gasteiger partial charge in [-0.2, -0.15) is 5.10 Å². The van der Waals surface area contributed by atoms with Gasteiger partial charge in [-0.1, -0.05) is 48.0 Å². The molecule has 128 valence electrons. The van der Waals surface area contributed by atoms with Gasteiger partial charge in [0.15, 0.2) is 0 Å². The maximum absolute atomic E-state index is 12.4. The lowest BCUT2D eigenvalue weighted by Crippen LogP contribution is -2.11. The molecule has 0 saturated heterocycles. The second-order valence-corrected chi connectivity index (χ2v) is 7.03. The van der Waals surface area contributed by atoms with Gasteiger partial charge >= 0.3 is 0 Å². The lowest BCUT2D eigenvalue weighted by atomic mass is 10.1. The Bertz CT molecular complexity index is 1100. The molecule has 0 fully saturated rings. The van der Waals surface area contributed by atoms with Crippen LogP contribution >= 0.6 is 22.9 Å². The van der Waals surface area contributed by atoms with Gasteiger partial charge in [-0.15, -0.1) is 11.3 Å². The van der Waals surface area contributed by atoms with Crippen LogP contribution in [0.2, 0.25) is 5.02 Å². The highest BCUT2D eigenvalue weighted by molar-refractivity contribution is 7.12. The summed E-state index contributed by atoms with van der Waals surface area (Å²) in [5, 5.41) is 13.8. The van der Waals surface area contributed by atoms with Crippen LogP contribution in [0.5, 0.6) is 0 Å². The molecule has 0 aliphatic heterocycles. The van der Waals surface area contributed by atoms with Gasteiger partial charge in [0.2, 0.25) is 0 Å². The van der Waals surface area contributed by atoms with Crippen molar-refractivity contribution in [3.05, 3.63) is 81.1 Å². The third-order valence-corrected chi connectivity index (χ3v) is 5.03. The summed E-state index contributed by atoms with van der Waals surface area (Å²) in [4.78, 5) is 13.0. The Morgan fingerprint density at radius 1 is 1.12 bits per heavy atom. The molecule has 0 spiro atoms. The topological polar surface area (TPSA) is 57.8 Å². The van der Waals surface area contributed by atoms with Gasteiger partial charge in [0.25, 0.3) is 5.91 Å². The molecule has 0 atom stereocenters. The summed E-state index contributed by atoms with van der Waals surface area (Å²) in [6, 6.07) is 17.0. The molecule has 2 aromatic heterocycles. The summed E-state index contributed by atoms with van der Waals surface area (Å²) in [5.41, 5.74) is 3.33. The van der Waals surface area contributed by atoms with E-state index in [9.17, 15) is 4.79 Å². The number of carbonyl (C=O) groups is 1. The molecule has 0 unspecified atom stereocenters. The number of benzene rings is 2. The third kappa shape index (κ3) is 3.40. The Morgan fingerprint density at radius 3 is 2.85 bits per heavy atom. The first-order valence-corrected chi connectivity index (χ1v) is 9.22. The summed E-state index contributed by atoms with van der Waals surface area (Å²) >= 11 is 7.51. The molecule has 0 saturated carbocycles. The lowest BCUT2D eigenvalue weighted by Gasteiger charge is -2.08. The van der Waals surface area contributed by atoms with E-state index in [1.165, 1.54) is 11.3 Å². The molecule has 0 aliphatic rings. The normalized spacial score (nSPS) is 11.3. The monoisotopic (exact) mass is 379 g/mol. The van der Waals surface area contributed by atoms with Crippen LogP contribution in [0.3, 0.4) is 0 Å². The fraction of sp³-hybridized carbons (Fsp3) is 0. The standard InChI is InChI=1S/C20H14ClN3OS/c21-14-9-7-13(18(12-14)22-20(25)19-6-3-11-26-19)8-10-17-15-4-1-2-5-16(15)23-24-17/h1-12H,(H,22,25)(H,23,24). The first-order valence-electron chi connectivity index (χ1n) is 7.96. The summed E-state index contributed by atoms with van der Waals surface area (Å²) < 4.78 is 0. The van der Waals surface area contributed by atoms with Crippen LogP contribution in [0, 0.1) is 0 Å². The fourth-order valence-electron chi connectivity index (χ4n) is 2.65. The zero-order valence-electron chi connectivity index (χ0n) is 13.6. The molecular weight excluding hydrogens is 366 g/mol. The number of rotatable bonds is 4. The van der Waals surface area contributed by atoms with E-state index in [4.69, 9.17) is 11.6 Å². The maximum Gasteiger partial charge on any atom is 0.265 e. The quantitative estimate of drug-likeness (QED) is 0.477. The van der Waals surface area contributed by atoms with E-state index in [2.05, 4.69) is 15.5 Å². The summed E-state index contributed by atoms with van der Waals surface area (Å²) in [7, 11) is 0. The molecule has 4 rings (SSSR count). The molecule has 2 aromatic carbocycles. The predicted octanol–water partition coefficient (Wildman–Crippen LogP) is 5.70. The Kier molecular flexibility index (Phi) is 4.56. The summed E-state index contributed by atoms with van der Waals surface area (Å²) in [6.07, 6.45) is 3.84. The maximum atomic E-state index is 12.4. The van der Waals surface area contributed by atoms with Crippen molar-refractivity contribution in [3.63, 3.8) is 0 Å². The number of nitrogens with zero attached hydrogens (tertiary/aromatic N) is 1. The number of carbonyl (C=O) groups excluding carboxylic acids is 1. The number of hydrogen-bond donors (Lipinski definition) is 2. The second-order valence-electron chi connectivity index (χ2n) is 5.65. The largest absolute Gasteiger partial charge is 0.321 e. The Labute approximate surface area is 159 Å². The average molecular weight is 380 g/mol. The molecule has 1 amide bonds. The van der Waals surface area contributed by atoms with Crippen LogP contribution in [-0.4, -0.2) is 16.1 Å². The zero-order chi connectivity index (χ0) is 17.9. The molecule has 26 heavy (non-hydrogen) atoms. The van der Waals surface area contributed by atoms with Crippen LogP contribution in [-0.2, 0) is 0 Å². The highest BCUT2D eigenvalue weighted by Gasteiger charge is 2.10. The van der Waals surface area contributed by atoms with E-state index in [-0.39, 0.29) is 5.91 Å². The van der Waals surface area contributed by atoms with Crippen molar-refractivity contribution in [1.29, 1.82) is 0 Å². The first kappa shape index (κ1) is 16.6. The number of halogens is 1. The van der Waals surface area contributed by atoms with Gasteiger partial charge in [0.05, 0.1) is 16.1 Å². The smallest absolute Gasteiger partial charge is 0.265 e. The molecule has 0 bridgehead atoms. The Hall–Kier alpha value is -2.89. The number of aromatic amines is 1. The third-order valence-electron chi connectivity index (χ3n) is 3.93. The summed E-state index contributed by atoms with van der Waals surface area (Å²) in [6.45, 7) is 0. The second kappa shape index (κ2) is 7.15. The Morgan fingerprint density at radius 2 is 2.00 bits per heavy atom. The minimum Gasteiger partial charge on any atom is -0.321 e. The number of amides is 1. The van der Waals surface area contributed by atoms with Gasteiger partial charge in [-0.3, -0.25) is 9.89 Å². The molecule has 0 aliphatic carbocycles. The highest BCUT2D eigenvalue weighted by Crippen LogP contribution is 2.25. The number of H-pyrrole nitrogens is 1. The summed E-state index contributed by atoms with van der Waals surface area (Å²) in [5.74, 6) is -0.151. The van der Waals surface area contributed by atoms with Crippen molar-refractivity contribution in [2.75, 3.05) is 5.32 Å². The lowest BCUT2D eigenvalue weighted by molar-refractivity contribution is 0.103. The molecule has 2 N–H and O–H groups in total. The number of fused-ring (bicyclic) bond motifs is 1. The first-order chi connectivity index (χ1) is 12.7. The van der Waals surface area contributed by atoms with E-state index < -0.39 is 0 Å². The van der Waals surface area contributed by atoms with Crippen LogP contribution in [0.1, 0.15) is 20.9 Å². The molecule has 6 heteroatoms. The minimum atomic E-state index is -0.151. The highest BCUT2D eigenvalue weighted by atomic mass is 35.5. The van der Waals surface area contributed by atoms with Gasteiger partial charge in [-0.25, -0.2) is 0 Å². The zero-order valence-corrected chi connectivity index (χ0v) is 15.1. The number of nitrogens with one attached hydrogen (secondary N) is 2. The number of thiophene rings is 1. The van der Waals surface area contributed by atoms with Crippen molar-refractivity contribution < 1.29 is 4.79 Å². The van der Waals surface area contributed by atoms with Crippen LogP contribution in [0.15, 0.2) is 60.0 Å². The van der Waals surface area contributed by atoms with E-state index in [0.29, 0.717) is 15.6 Å². The predicted molar refractivity (Wildman–Crippen MR) is 109 cm³/mol. The number of para-hydroxylation sites is 1. The van der Waals surface area contributed by atoms with Crippen LogP contribution in [0.4, 0.5) is 5.69 Å². The van der Waals surface area contributed by atoms with Gasteiger partial charge in [0.1, 0.15) is 0 Å². The van der Waals surface area contributed by atoms with E-state index in [0.717, 1.165) is 22.2 Å². The molecular formula is C20H14ClN3OS. The van der Waals surface area contributed by atoms with Gasteiger partial charge < -0.3 is 5.32 Å². The fourth-order valence-corrected chi connectivity index (χ4v) is 3.45. The van der Waals surface area contributed by atoms with Crippen molar-refractivity contribution in [2.45, 2.75) is 0 Å². The molecule has 0 radical (unpaired) electrons. The van der Waals surface area contributed by atoms with E-state index >= 15 is 0 Å². The van der Waals surface area contributed by atoms with E-state index in [1.54, 1.807) is 18.2 Å². The van der Waals surface area contributed by atoms with Crippen molar-refractivity contribution in [1.82, 2.24) is 10.2 Å². The Balaban J connectivity index is 1.65. The van der Waals surface area contributed by atoms with Crippen molar-refractivity contribution >= 4 is 57.6 Å². The number of anilines is 1. The number of hydrogen-bond acceptors (Lipinski definition) is 3. The van der Waals surface area contributed by atoms with Gasteiger partial charge in [0, 0.05) is 16.1 Å². The molecule has 2 heterocycles. The van der Waals surface area contributed by atoms with Crippen LogP contribution in [0.25, 0.3) is 23.1 Å². The number of aromatic nitrogens is 2. The van der Waals surface area contributed by atoms with Crippen LogP contribution < -0.4 is 5.32 Å². The van der Waals surface area contributed by atoms with E-state index in [1.807, 2.05) is 53.9 Å².